The summed E-state index contributed by atoms with van der Waals surface area (Å²) in [6.45, 7) is 0. The zero-order valence-corrected chi connectivity index (χ0v) is 12.9. The normalized spacial score (nSPS) is 10.8. The topological polar surface area (TPSA) is 85.4 Å². The van der Waals surface area contributed by atoms with Gasteiger partial charge in [-0.15, -0.1) is 0 Å². The highest BCUT2D eigenvalue weighted by Crippen LogP contribution is 2.36. The molecular formula is C17H13FN2O4. The number of ether oxygens (including phenoxy) is 2. The Morgan fingerprint density at radius 3 is 2.46 bits per heavy atom. The van der Waals surface area contributed by atoms with Crippen LogP contribution < -0.4 is 9.47 Å². The summed E-state index contributed by atoms with van der Waals surface area (Å²) in [6, 6.07) is 9.97. The standard InChI is InChI=1S/C17H13FN2O4/c1-23-16-8-12(15(20(21)22)9-17(16)24-2)6-13(10-19)11-4-3-5-14(18)7-11/h3-9H,1-2H3/b13-6+. The van der Waals surface area contributed by atoms with Gasteiger partial charge in [-0.2, -0.15) is 5.26 Å². The monoisotopic (exact) mass is 328 g/mol. The maximum Gasteiger partial charge on any atom is 0.280 e. The molecule has 2 aromatic carbocycles. The van der Waals surface area contributed by atoms with Crippen LogP contribution in [0.15, 0.2) is 36.4 Å². The second kappa shape index (κ2) is 7.24. The Morgan fingerprint density at radius 2 is 1.92 bits per heavy atom. The van der Waals surface area contributed by atoms with Gasteiger partial charge in [0.05, 0.1) is 42.4 Å². The van der Waals surface area contributed by atoms with Crippen molar-refractivity contribution in [2.75, 3.05) is 14.2 Å². The highest BCUT2D eigenvalue weighted by Gasteiger charge is 2.19. The molecule has 0 radical (unpaired) electrons. The van der Waals surface area contributed by atoms with Crippen molar-refractivity contribution in [1.29, 1.82) is 5.26 Å². The lowest BCUT2D eigenvalue weighted by Crippen LogP contribution is -1.97. The third kappa shape index (κ3) is 3.50. The third-order valence-electron chi connectivity index (χ3n) is 3.29. The molecule has 0 amide bonds. The lowest BCUT2D eigenvalue weighted by Gasteiger charge is -2.09. The van der Waals surface area contributed by atoms with Crippen molar-refractivity contribution in [3.8, 4) is 17.6 Å². The van der Waals surface area contributed by atoms with Crippen molar-refractivity contribution >= 4 is 17.3 Å². The van der Waals surface area contributed by atoms with E-state index in [0.717, 1.165) is 0 Å². The Balaban J connectivity index is 2.65. The number of hydrogen-bond acceptors (Lipinski definition) is 5. The van der Waals surface area contributed by atoms with Crippen molar-refractivity contribution in [2.45, 2.75) is 0 Å². The molecule has 6 nitrogen and oxygen atoms in total. The van der Waals surface area contributed by atoms with Crippen LogP contribution in [0.4, 0.5) is 10.1 Å². The number of nitro groups is 1. The van der Waals surface area contributed by atoms with E-state index in [2.05, 4.69) is 0 Å². The number of nitro benzene ring substituents is 1. The van der Waals surface area contributed by atoms with E-state index >= 15 is 0 Å². The Labute approximate surface area is 137 Å². The van der Waals surface area contributed by atoms with Crippen LogP contribution in [-0.2, 0) is 0 Å². The maximum atomic E-state index is 13.3. The van der Waals surface area contributed by atoms with Crippen LogP contribution in [0.25, 0.3) is 11.6 Å². The minimum atomic E-state index is -0.589. The largest absolute Gasteiger partial charge is 0.493 e. The Kier molecular flexibility index (Phi) is 5.12. The van der Waals surface area contributed by atoms with E-state index in [1.807, 2.05) is 6.07 Å². The summed E-state index contributed by atoms with van der Waals surface area (Å²) < 4.78 is 23.5. The molecule has 7 heteroatoms. The number of rotatable bonds is 5. The molecule has 0 saturated heterocycles. The van der Waals surface area contributed by atoms with Crippen molar-refractivity contribution < 1.29 is 18.8 Å². The summed E-state index contributed by atoms with van der Waals surface area (Å²) in [6.07, 6.45) is 1.31. The number of halogens is 1. The minimum absolute atomic E-state index is 0.0878. The van der Waals surface area contributed by atoms with Gasteiger partial charge in [-0.05, 0) is 29.8 Å². The number of benzene rings is 2. The fraction of sp³-hybridized carbons (Fsp3) is 0.118. The first-order chi connectivity index (χ1) is 11.5. The molecule has 0 N–H and O–H groups in total. The predicted molar refractivity (Wildman–Crippen MR) is 86.1 cm³/mol. The van der Waals surface area contributed by atoms with Crippen molar-refractivity contribution in [1.82, 2.24) is 0 Å². The van der Waals surface area contributed by atoms with E-state index in [1.165, 1.54) is 50.6 Å². The van der Waals surface area contributed by atoms with Gasteiger partial charge in [0.2, 0.25) is 0 Å². The average Bonchev–Trinajstić information content (AvgIpc) is 2.58. The first kappa shape index (κ1) is 17.0. The molecule has 122 valence electrons. The molecular weight excluding hydrogens is 315 g/mol. The van der Waals surface area contributed by atoms with Crippen molar-refractivity contribution in [2.24, 2.45) is 0 Å². The molecule has 2 rings (SSSR count). The summed E-state index contributed by atoms with van der Waals surface area (Å²) in [5.41, 5.74) is 0.307. The summed E-state index contributed by atoms with van der Waals surface area (Å²) in [7, 11) is 2.76. The van der Waals surface area contributed by atoms with Gasteiger partial charge in [0, 0.05) is 0 Å². The molecule has 0 fully saturated rings. The highest BCUT2D eigenvalue weighted by atomic mass is 19.1. The first-order valence-electron chi connectivity index (χ1n) is 6.78. The molecule has 24 heavy (non-hydrogen) atoms. The molecule has 0 saturated carbocycles. The molecule has 0 aromatic heterocycles. The number of nitrogens with zero attached hydrogens (tertiary/aromatic N) is 2. The van der Waals surface area contributed by atoms with Gasteiger partial charge >= 0.3 is 0 Å². The van der Waals surface area contributed by atoms with E-state index in [-0.39, 0.29) is 28.3 Å². The van der Waals surface area contributed by atoms with Gasteiger partial charge in [-0.25, -0.2) is 4.39 Å². The Bertz CT molecular complexity index is 856. The lowest BCUT2D eigenvalue weighted by molar-refractivity contribution is -0.385. The van der Waals surface area contributed by atoms with E-state index < -0.39 is 10.7 Å². The maximum absolute atomic E-state index is 13.3. The minimum Gasteiger partial charge on any atom is -0.493 e. The van der Waals surface area contributed by atoms with Crippen molar-refractivity contribution in [3.05, 3.63) is 63.5 Å². The second-order valence-corrected chi connectivity index (χ2v) is 4.70. The van der Waals surface area contributed by atoms with Crippen LogP contribution in [0.5, 0.6) is 11.5 Å². The van der Waals surface area contributed by atoms with Gasteiger partial charge in [-0.1, -0.05) is 12.1 Å². The van der Waals surface area contributed by atoms with E-state index in [1.54, 1.807) is 6.07 Å². The zero-order valence-electron chi connectivity index (χ0n) is 12.9. The van der Waals surface area contributed by atoms with Crippen LogP contribution in [0.3, 0.4) is 0 Å². The second-order valence-electron chi connectivity index (χ2n) is 4.70. The summed E-state index contributed by atoms with van der Waals surface area (Å²) >= 11 is 0. The van der Waals surface area contributed by atoms with Crippen LogP contribution >= 0.6 is 0 Å². The fourth-order valence-corrected chi connectivity index (χ4v) is 2.15. The van der Waals surface area contributed by atoms with Gasteiger partial charge < -0.3 is 9.47 Å². The van der Waals surface area contributed by atoms with Crippen LogP contribution in [0.2, 0.25) is 0 Å². The summed E-state index contributed by atoms with van der Waals surface area (Å²) in [4.78, 5) is 10.7. The molecule has 0 bridgehead atoms. The van der Waals surface area contributed by atoms with Crippen LogP contribution in [-0.4, -0.2) is 19.1 Å². The quantitative estimate of drug-likeness (QED) is 0.360. The number of allylic oxidation sites excluding steroid dienone is 1. The molecule has 0 spiro atoms. The average molecular weight is 328 g/mol. The molecule has 0 aliphatic carbocycles. The van der Waals surface area contributed by atoms with E-state index in [0.29, 0.717) is 5.56 Å². The molecule has 0 heterocycles. The predicted octanol–water partition coefficient (Wildman–Crippen LogP) is 3.82. The van der Waals surface area contributed by atoms with Gasteiger partial charge in [0.1, 0.15) is 5.82 Å². The van der Waals surface area contributed by atoms with Gasteiger partial charge in [-0.3, -0.25) is 10.1 Å². The number of nitriles is 1. The van der Waals surface area contributed by atoms with Gasteiger partial charge in [0.25, 0.3) is 5.69 Å². The Hall–Kier alpha value is -3.40. The van der Waals surface area contributed by atoms with Crippen molar-refractivity contribution in [3.63, 3.8) is 0 Å². The first-order valence-corrected chi connectivity index (χ1v) is 6.78. The zero-order chi connectivity index (χ0) is 17.7. The molecule has 0 aliphatic heterocycles. The van der Waals surface area contributed by atoms with E-state index in [9.17, 15) is 19.8 Å². The smallest absolute Gasteiger partial charge is 0.280 e. The Morgan fingerprint density at radius 1 is 1.25 bits per heavy atom. The summed E-state index contributed by atoms with van der Waals surface area (Å²) in [5.74, 6) is -0.0213. The van der Waals surface area contributed by atoms with Crippen LogP contribution in [0.1, 0.15) is 11.1 Å². The molecule has 0 aliphatic rings. The molecule has 2 aromatic rings. The van der Waals surface area contributed by atoms with E-state index in [4.69, 9.17) is 9.47 Å². The molecule has 0 atom stereocenters. The lowest BCUT2D eigenvalue weighted by atomic mass is 10.0. The molecule has 0 unspecified atom stereocenters. The third-order valence-corrected chi connectivity index (χ3v) is 3.29. The van der Waals surface area contributed by atoms with Gasteiger partial charge in [0.15, 0.2) is 11.5 Å². The number of methoxy groups -OCH3 is 2. The SMILES string of the molecule is COc1cc(/C=C(\C#N)c2cccc(F)c2)c([N+](=O)[O-])cc1OC. The highest BCUT2D eigenvalue weighted by molar-refractivity contribution is 5.91. The summed E-state index contributed by atoms with van der Waals surface area (Å²) in [5, 5.41) is 20.6. The fourth-order valence-electron chi connectivity index (χ4n) is 2.15. The van der Waals surface area contributed by atoms with Crippen LogP contribution in [0, 0.1) is 27.3 Å². The number of hydrogen-bond donors (Lipinski definition) is 0.